The predicted molar refractivity (Wildman–Crippen MR) is 184 cm³/mol. The lowest BCUT2D eigenvalue weighted by Gasteiger charge is -2.14. The van der Waals surface area contributed by atoms with Gasteiger partial charge in [-0.2, -0.15) is 0 Å². The van der Waals surface area contributed by atoms with Gasteiger partial charge in [-0.3, -0.25) is 14.4 Å². The second kappa shape index (κ2) is 14.7. The second-order valence-electron chi connectivity index (χ2n) is 10.4. The minimum Gasteiger partial charge on any atom is -0.321 e. The van der Waals surface area contributed by atoms with E-state index in [1.807, 2.05) is 92.9 Å². The Balaban J connectivity index is 1.25. The van der Waals surface area contributed by atoms with Crippen molar-refractivity contribution in [3.8, 4) is 11.3 Å². The average Bonchev–Trinajstić information content (AvgIpc) is 3.51. The Morgan fingerprint density at radius 2 is 1.51 bits per heavy atom. The van der Waals surface area contributed by atoms with E-state index >= 15 is 0 Å². The smallest absolute Gasteiger partial charge is 0.272 e. The standard InChI is InChI=1S/C36H32N4O3S2/c1-23-12-16-26(17-13-23)20-31(38-34(42)28-8-5-4-6-9-28)35(43)37-29-10-7-11-30(21-29)45-25(3)33(41)40-36-39-32(22-44-36)27-18-14-24(2)15-19-27/h4-22,25H,1-3H3,(H,37,43)(H,38,42)(H,39,40,41)/b31-20-. The fraction of sp³-hybridized carbons (Fsp3) is 0.111. The van der Waals surface area contributed by atoms with Gasteiger partial charge >= 0.3 is 0 Å². The number of nitrogens with one attached hydrogen (secondary N) is 3. The first-order valence-electron chi connectivity index (χ1n) is 14.3. The molecular weight excluding hydrogens is 601 g/mol. The summed E-state index contributed by atoms with van der Waals surface area (Å²) < 4.78 is 0. The molecule has 0 spiro atoms. The molecule has 1 atom stereocenters. The Labute approximate surface area is 270 Å². The van der Waals surface area contributed by atoms with Gasteiger partial charge < -0.3 is 16.0 Å². The van der Waals surface area contributed by atoms with Crippen LogP contribution in [-0.2, 0) is 9.59 Å². The van der Waals surface area contributed by atoms with Crippen molar-refractivity contribution in [3.63, 3.8) is 0 Å². The van der Waals surface area contributed by atoms with E-state index in [4.69, 9.17) is 0 Å². The summed E-state index contributed by atoms with van der Waals surface area (Å²) in [5.41, 5.74) is 5.92. The van der Waals surface area contributed by atoms with Crippen LogP contribution in [0.25, 0.3) is 17.3 Å². The van der Waals surface area contributed by atoms with Gasteiger partial charge in [-0.05, 0) is 62.7 Å². The van der Waals surface area contributed by atoms with E-state index in [0.29, 0.717) is 16.4 Å². The summed E-state index contributed by atoms with van der Waals surface area (Å²) >= 11 is 2.75. The summed E-state index contributed by atoms with van der Waals surface area (Å²) in [6.45, 7) is 5.84. The highest BCUT2D eigenvalue weighted by Crippen LogP contribution is 2.29. The first kappa shape index (κ1) is 31.4. The minimum absolute atomic E-state index is 0.104. The van der Waals surface area contributed by atoms with E-state index in [0.717, 1.165) is 27.3 Å². The Hall–Kier alpha value is -4.99. The molecule has 45 heavy (non-hydrogen) atoms. The molecule has 1 heterocycles. The molecule has 5 rings (SSSR count). The largest absolute Gasteiger partial charge is 0.321 e. The van der Waals surface area contributed by atoms with Crippen LogP contribution >= 0.6 is 23.1 Å². The molecule has 0 saturated carbocycles. The van der Waals surface area contributed by atoms with Gasteiger partial charge in [0.25, 0.3) is 11.8 Å². The molecule has 1 unspecified atom stereocenters. The maximum absolute atomic E-state index is 13.4. The molecule has 0 saturated heterocycles. The van der Waals surface area contributed by atoms with Crippen molar-refractivity contribution in [1.29, 1.82) is 0 Å². The van der Waals surface area contributed by atoms with Crippen molar-refractivity contribution >= 4 is 57.7 Å². The first-order chi connectivity index (χ1) is 21.7. The van der Waals surface area contributed by atoms with Crippen LogP contribution in [-0.4, -0.2) is 28.0 Å². The fourth-order valence-electron chi connectivity index (χ4n) is 4.27. The number of rotatable bonds is 10. The number of thioether (sulfide) groups is 1. The zero-order valence-electron chi connectivity index (χ0n) is 25.0. The minimum atomic E-state index is -0.471. The average molecular weight is 633 g/mol. The van der Waals surface area contributed by atoms with Gasteiger partial charge in [0.2, 0.25) is 5.91 Å². The van der Waals surface area contributed by atoms with Crippen molar-refractivity contribution in [1.82, 2.24) is 10.3 Å². The molecule has 7 nitrogen and oxygen atoms in total. The molecule has 0 aliphatic heterocycles. The summed E-state index contributed by atoms with van der Waals surface area (Å²) in [7, 11) is 0. The lowest BCUT2D eigenvalue weighted by atomic mass is 10.1. The first-order valence-corrected chi connectivity index (χ1v) is 16.1. The second-order valence-corrected chi connectivity index (χ2v) is 12.7. The van der Waals surface area contributed by atoms with Crippen molar-refractivity contribution in [2.75, 3.05) is 10.6 Å². The Bertz CT molecular complexity index is 1830. The lowest BCUT2D eigenvalue weighted by molar-refractivity contribution is -0.115. The molecule has 5 aromatic rings. The topological polar surface area (TPSA) is 100 Å². The number of carbonyl (C=O) groups is 3. The molecule has 9 heteroatoms. The molecule has 0 aliphatic carbocycles. The molecule has 3 N–H and O–H groups in total. The quantitative estimate of drug-likeness (QED) is 0.107. The molecule has 1 aromatic heterocycles. The molecule has 226 valence electrons. The molecule has 0 aliphatic rings. The van der Waals surface area contributed by atoms with E-state index < -0.39 is 11.2 Å². The summed E-state index contributed by atoms with van der Waals surface area (Å²) in [6.07, 6.45) is 1.64. The zero-order valence-corrected chi connectivity index (χ0v) is 26.7. The van der Waals surface area contributed by atoms with Crippen molar-refractivity contribution in [2.24, 2.45) is 0 Å². The van der Waals surface area contributed by atoms with Crippen LogP contribution in [0.3, 0.4) is 0 Å². The summed E-state index contributed by atoms with van der Waals surface area (Å²) in [5.74, 6) is -1.04. The van der Waals surface area contributed by atoms with Crippen LogP contribution < -0.4 is 16.0 Å². The zero-order chi connectivity index (χ0) is 31.8. The van der Waals surface area contributed by atoms with E-state index in [9.17, 15) is 14.4 Å². The Morgan fingerprint density at radius 1 is 0.822 bits per heavy atom. The maximum atomic E-state index is 13.4. The molecule has 3 amide bonds. The van der Waals surface area contributed by atoms with Crippen LogP contribution in [0.15, 0.2) is 119 Å². The van der Waals surface area contributed by atoms with Crippen LogP contribution in [0.5, 0.6) is 0 Å². The van der Waals surface area contributed by atoms with E-state index in [1.54, 1.807) is 42.5 Å². The van der Waals surface area contributed by atoms with Crippen LogP contribution in [0, 0.1) is 13.8 Å². The highest BCUT2D eigenvalue weighted by molar-refractivity contribution is 8.00. The maximum Gasteiger partial charge on any atom is 0.272 e. The van der Waals surface area contributed by atoms with E-state index in [2.05, 4.69) is 20.9 Å². The molecule has 0 fully saturated rings. The van der Waals surface area contributed by atoms with Gasteiger partial charge in [0.05, 0.1) is 10.9 Å². The summed E-state index contributed by atoms with van der Waals surface area (Å²) in [6, 6.07) is 31.7. The third-order valence-corrected chi connectivity index (χ3v) is 8.62. The van der Waals surface area contributed by atoms with Gasteiger partial charge in [-0.15, -0.1) is 23.1 Å². The van der Waals surface area contributed by atoms with Crippen LogP contribution in [0.1, 0.15) is 34.0 Å². The SMILES string of the molecule is Cc1ccc(/C=C(\NC(=O)c2ccccc2)C(=O)Nc2cccc(SC(C)C(=O)Nc3nc(-c4ccc(C)cc4)cs3)c2)cc1. The molecule has 0 bridgehead atoms. The number of aryl methyl sites for hydroxylation is 2. The monoisotopic (exact) mass is 632 g/mol. The van der Waals surface area contributed by atoms with Gasteiger partial charge in [0.15, 0.2) is 5.13 Å². The number of amides is 3. The number of carbonyl (C=O) groups excluding carboxylic acids is 3. The number of hydrogen-bond acceptors (Lipinski definition) is 6. The predicted octanol–water partition coefficient (Wildman–Crippen LogP) is 7.96. The lowest BCUT2D eigenvalue weighted by Crippen LogP contribution is -2.30. The normalized spacial score (nSPS) is 11.8. The van der Waals surface area contributed by atoms with E-state index in [-0.39, 0.29) is 17.5 Å². The van der Waals surface area contributed by atoms with Crippen molar-refractivity contribution < 1.29 is 14.4 Å². The summed E-state index contributed by atoms with van der Waals surface area (Å²) in [4.78, 5) is 44.7. The van der Waals surface area contributed by atoms with Crippen LogP contribution in [0.2, 0.25) is 0 Å². The van der Waals surface area contributed by atoms with Gasteiger partial charge in [-0.25, -0.2) is 4.98 Å². The Morgan fingerprint density at radius 3 is 2.22 bits per heavy atom. The third-order valence-electron chi connectivity index (χ3n) is 6.77. The number of thiazole rings is 1. The summed E-state index contributed by atoms with van der Waals surface area (Å²) in [5, 5.41) is 10.6. The fourth-order valence-corrected chi connectivity index (χ4v) is 5.92. The van der Waals surface area contributed by atoms with Gasteiger partial charge in [0.1, 0.15) is 5.70 Å². The van der Waals surface area contributed by atoms with Crippen molar-refractivity contribution in [2.45, 2.75) is 30.9 Å². The molecular formula is C36H32N4O3S2. The van der Waals surface area contributed by atoms with E-state index in [1.165, 1.54) is 28.7 Å². The number of hydrogen-bond donors (Lipinski definition) is 3. The number of benzene rings is 4. The van der Waals surface area contributed by atoms with Gasteiger partial charge in [-0.1, -0.05) is 83.9 Å². The van der Waals surface area contributed by atoms with Gasteiger partial charge in [0, 0.05) is 27.1 Å². The van der Waals surface area contributed by atoms with Crippen molar-refractivity contribution in [3.05, 3.63) is 136 Å². The highest BCUT2D eigenvalue weighted by Gasteiger charge is 2.18. The number of nitrogens with zero attached hydrogens (tertiary/aromatic N) is 1. The number of aromatic nitrogens is 1. The highest BCUT2D eigenvalue weighted by atomic mass is 32.2. The Kier molecular flexibility index (Phi) is 10.2. The number of anilines is 2. The third kappa shape index (κ3) is 8.78. The molecule has 4 aromatic carbocycles. The molecule has 0 radical (unpaired) electrons. The van der Waals surface area contributed by atoms with Crippen LogP contribution in [0.4, 0.5) is 10.8 Å².